The van der Waals surface area contributed by atoms with Gasteiger partial charge in [0.05, 0.1) is 17.2 Å². The molecule has 2 aromatic rings. The molecule has 1 aromatic carbocycles. The van der Waals surface area contributed by atoms with Crippen molar-refractivity contribution < 1.29 is 9.18 Å². The van der Waals surface area contributed by atoms with Crippen LogP contribution < -0.4 is 10.9 Å². The van der Waals surface area contributed by atoms with Crippen molar-refractivity contribution in [1.29, 1.82) is 0 Å². The standard InChI is InChI=1S/C17H21FN4O2/c1-21(2)15(11-3-4-11)8-19-16(23)9-22-10-20-14-6-5-12(18)7-13(14)17(22)24/h5-7,10-11,15H,3-4,8-9H2,1-2H3,(H,19,23). The first-order valence-corrected chi connectivity index (χ1v) is 8.03. The number of fused-ring (bicyclic) bond motifs is 1. The lowest BCUT2D eigenvalue weighted by Gasteiger charge is -2.24. The Labute approximate surface area is 139 Å². The maximum absolute atomic E-state index is 13.3. The third kappa shape index (κ3) is 3.62. The number of aromatic nitrogens is 2. The van der Waals surface area contributed by atoms with E-state index in [-0.39, 0.29) is 17.8 Å². The summed E-state index contributed by atoms with van der Waals surface area (Å²) in [6, 6.07) is 4.17. The predicted molar refractivity (Wildman–Crippen MR) is 89.2 cm³/mol. The fraction of sp³-hybridized carbons (Fsp3) is 0.471. The number of carbonyl (C=O) groups excluding carboxylic acids is 1. The van der Waals surface area contributed by atoms with E-state index in [1.165, 1.54) is 35.9 Å². The molecule has 1 N–H and O–H groups in total. The van der Waals surface area contributed by atoms with Gasteiger partial charge in [-0.05, 0) is 51.1 Å². The molecule has 6 nitrogen and oxygen atoms in total. The summed E-state index contributed by atoms with van der Waals surface area (Å²) in [5.41, 5.74) is 0.000431. The van der Waals surface area contributed by atoms with Crippen molar-refractivity contribution in [2.24, 2.45) is 5.92 Å². The van der Waals surface area contributed by atoms with Crippen LogP contribution in [0.1, 0.15) is 12.8 Å². The third-order valence-electron chi connectivity index (χ3n) is 4.44. The molecule has 1 saturated carbocycles. The third-order valence-corrected chi connectivity index (χ3v) is 4.44. The summed E-state index contributed by atoms with van der Waals surface area (Å²) in [5, 5.41) is 3.05. The van der Waals surface area contributed by atoms with Gasteiger partial charge in [0.25, 0.3) is 5.56 Å². The lowest BCUT2D eigenvalue weighted by atomic mass is 10.1. The van der Waals surface area contributed by atoms with Crippen LogP contribution in [-0.4, -0.2) is 47.0 Å². The van der Waals surface area contributed by atoms with Crippen LogP contribution in [0.25, 0.3) is 10.9 Å². The van der Waals surface area contributed by atoms with Crippen molar-refractivity contribution in [3.63, 3.8) is 0 Å². The lowest BCUT2D eigenvalue weighted by Crippen LogP contribution is -2.43. The Balaban J connectivity index is 1.69. The Bertz CT molecular complexity index is 812. The molecule has 128 valence electrons. The Morgan fingerprint density at radius 1 is 1.46 bits per heavy atom. The Kier molecular flexibility index (Phi) is 4.62. The smallest absolute Gasteiger partial charge is 0.261 e. The van der Waals surface area contributed by atoms with Gasteiger partial charge in [0.1, 0.15) is 12.4 Å². The largest absolute Gasteiger partial charge is 0.353 e. The summed E-state index contributed by atoms with van der Waals surface area (Å²) < 4.78 is 14.5. The molecule has 0 bridgehead atoms. The number of likely N-dealkylation sites (N-methyl/N-ethyl adjacent to an activating group) is 1. The predicted octanol–water partition coefficient (Wildman–Crippen LogP) is 0.992. The fourth-order valence-electron chi connectivity index (χ4n) is 2.92. The molecule has 1 amide bonds. The molecule has 0 spiro atoms. The van der Waals surface area contributed by atoms with Crippen molar-refractivity contribution in [3.05, 3.63) is 40.7 Å². The average molecular weight is 332 g/mol. The van der Waals surface area contributed by atoms with Gasteiger partial charge in [-0.15, -0.1) is 0 Å². The summed E-state index contributed by atoms with van der Waals surface area (Å²) in [7, 11) is 4.00. The number of hydrogen-bond donors (Lipinski definition) is 1. The molecule has 7 heteroatoms. The summed E-state index contributed by atoms with van der Waals surface area (Å²) in [5.74, 6) is -0.114. The number of halogens is 1. The van der Waals surface area contributed by atoms with Gasteiger partial charge in [-0.3, -0.25) is 14.2 Å². The Hall–Kier alpha value is -2.28. The monoisotopic (exact) mass is 332 g/mol. The van der Waals surface area contributed by atoms with Crippen LogP contribution in [0, 0.1) is 11.7 Å². The highest BCUT2D eigenvalue weighted by Gasteiger charge is 2.32. The van der Waals surface area contributed by atoms with Gasteiger partial charge in [-0.2, -0.15) is 0 Å². The van der Waals surface area contributed by atoms with Crippen molar-refractivity contribution in [1.82, 2.24) is 19.8 Å². The van der Waals surface area contributed by atoms with Gasteiger partial charge in [0.2, 0.25) is 5.91 Å². The molecule has 1 unspecified atom stereocenters. The van der Waals surface area contributed by atoms with E-state index in [0.717, 1.165) is 6.07 Å². The maximum atomic E-state index is 13.3. The maximum Gasteiger partial charge on any atom is 0.261 e. The second-order valence-electron chi connectivity index (χ2n) is 6.51. The van der Waals surface area contributed by atoms with Crippen molar-refractivity contribution in [2.45, 2.75) is 25.4 Å². The highest BCUT2D eigenvalue weighted by molar-refractivity contribution is 5.79. The number of amides is 1. The van der Waals surface area contributed by atoms with Crippen molar-refractivity contribution >= 4 is 16.8 Å². The van der Waals surface area contributed by atoms with Crippen LogP contribution in [0.3, 0.4) is 0 Å². The first-order chi connectivity index (χ1) is 11.5. The number of nitrogens with zero attached hydrogens (tertiary/aromatic N) is 3. The van der Waals surface area contributed by atoms with Crippen LogP contribution in [0.15, 0.2) is 29.3 Å². The van der Waals surface area contributed by atoms with Gasteiger partial charge < -0.3 is 10.2 Å². The zero-order chi connectivity index (χ0) is 17.3. The van der Waals surface area contributed by atoms with Gasteiger partial charge in [-0.1, -0.05) is 0 Å². The Morgan fingerprint density at radius 2 is 2.21 bits per heavy atom. The minimum atomic E-state index is -0.498. The van der Waals surface area contributed by atoms with Crippen LogP contribution in [0.4, 0.5) is 4.39 Å². The zero-order valence-electron chi connectivity index (χ0n) is 13.8. The second-order valence-corrected chi connectivity index (χ2v) is 6.51. The van der Waals surface area contributed by atoms with E-state index < -0.39 is 11.4 Å². The van der Waals surface area contributed by atoms with Gasteiger partial charge >= 0.3 is 0 Å². The molecule has 1 aliphatic rings. The van der Waals surface area contributed by atoms with Crippen molar-refractivity contribution in [3.8, 4) is 0 Å². The van der Waals surface area contributed by atoms with E-state index in [1.807, 2.05) is 14.1 Å². The average Bonchev–Trinajstić information content (AvgIpc) is 3.35. The molecular formula is C17H21FN4O2. The fourth-order valence-corrected chi connectivity index (χ4v) is 2.92. The van der Waals surface area contributed by atoms with Crippen LogP contribution >= 0.6 is 0 Å². The quantitative estimate of drug-likeness (QED) is 0.857. The minimum absolute atomic E-state index is 0.122. The summed E-state index contributed by atoms with van der Waals surface area (Å²) in [6.07, 6.45) is 3.71. The number of carbonyl (C=O) groups is 1. The van der Waals surface area contributed by atoms with E-state index in [0.29, 0.717) is 24.0 Å². The molecule has 1 atom stereocenters. The molecule has 0 saturated heterocycles. The van der Waals surface area contributed by atoms with Crippen LogP contribution in [0.5, 0.6) is 0 Å². The van der Waals surface area contributed by atoms with E-state index >= 15 is 0 Å². The molecule has 3 rings (SSSR count). The molecule has 0 aliphatic heterocycles. The van der Waals surface area contributed by atoms with Gasteiger partial charge in [0, 0.05) is 12.6 Å². The molecule has 24 heavy (non-hydrogen) atoms. The van der Waals surface area contributed by atoms with Gasteiger partial charge in [0.15, 0.2) is 0 Å². The van der Waals surface area contributed by atoms with Crippen LogP contribution in [0.2, 0.25) is 0 Å². The van der Waals surface area contributed by atoms with E-state index in [2.05, 4.69) is 15.2 Å². The van der Waals surface area contributed by atoms with Crippen molar-refractivity contribution in [2.75, 3.05) is 20.6 Å². The topological polar surface area (TPSA) is 67.2 Å². The molecule has 1 heterocycles. The van der Waals surface area contributed by atoms with Crippen LogP contribution in [-0.2, 0) is 11.3 Å². The summed E-state index contributed by atoms with van der Waals surface area (Å²) in [4.78, 5) is 30.7. The summed E-state index contributed by atoms with van der Waals surface area (Å²) >= 11 is 0. The van der Waals surface area contributed by atoms with E-state index in [1.54, 1.807) is 0 Å². The van der Waals surface area contributed by atoms with E-state index in [4.69, 9.17) is 0 Å². The SMILES string of the molecule is CN(C)C(CNC(=O)Cn1cnc2ccc(F)cc2c1=O)C1CC1. The van der Waals surface area contributed by atoms with Gasteiger partial charge in [-0.25, -0.2) is 9.37 Å². The zero-order valence-corrected chi connectivity index (χ0v) is 13.8. The molecule has 1 aromatic heterocycles. The minimum Gasteiger partial charge on any atom is -0.353 e. The highest BCUT2D eigenvalue weighted by Crippen LogP contribution is 2.34. The summed E-state index contributed by atoms with van der Waals surface area (Å²) in [6.45, 7) is 0.435. The first kappa shape index (κ1) is 16.6. The molecule has 0 radical (unpaired) electrons. The molecular weight excluding hydrogens is 311 g/mol. The number of benzene rings is 1. The number of nitrogens with one attached hydrogen (secondary N) is 1. The normalized spacial score (nSPS) is 15.7. The number of hydrogen-bond acceptors (Lipinski definition) is 4. The second kappa shape index (κ2) is 6.68. The molecule has 1 aliphatic carbocycles. The Morgan fingerprint density at radius 3 is 2.88 bits per heavy atom. The number of rotatable bonds is 6. The molecule has 1 fully saturated rings. The lowest BCUT2D eigenvalue weighted by molar-refractivity contribution is -0.122. The first-order valence-electron chi connectivity index (χ1n) is 8.03. The highest BCUT2D eigenvalue weighted by atomic mass is 19.1. The van der Waals surface area contributed by atoms with E-state index in [9.17, 15) is 14.0 Å².